The minimum Gasteiger partial charge on any atom is -0.335 e. The summed E-state index contributed by atoms with van der Waals surface area (Å²) in [5, 5.41) is 10.1. The molecule has 0 bridgehead atoms. The van der Waals surface area contributed by atoms with E-state index in [0.717, 1.165) is 24.1 Å². The van der Waals surface area contributed by atoms with Gasteiger partial charge in [0.1, 0.15) is 0 Å². The van der Waals surface area contributed by atoms with Crippen LogP contribution in [0.2, 0.25) is 0 Å². The quantitative estimate of drug-likeness (QED) is 0.835. The molecule has 2 amide bonds. The molecule has 2 N–H and O–H groups in total. The van der Waals surface area contributed by atoms with Crippen molar-refractivity contribution in [1.82, 2.24) is 20.4 Å². The molecule has 1 heterocycles. The third kappa shape index (κ3) is 3.22. The molecular formula is C12H20N4O. The van der Waals surface area contributed by atoms with E-state index in [4.69, 9.17) is 0 Å². The number of nitrogens with zero attached hydrogens (tertiary/aromatic N) is 2. The number of amides is 2. The first kappa shape index (κ1) is 12.0. The van der Waals surface area contributed by atoms with Crippen molar-refractivity contribution in [3.63, 3.8) is 0 Å². The van der Waals surface area contributed by atoms with Gasteiger partial charge in [0, 0.05) is 31.4 Å². The average molecular weight is 236 g/mol. The van der Waals surface area contributed by atoms with Crippen LogP contribution in [0.3, 0.4) is 0 Å². The second-order valence-electron chi connectivity index (χ2n) is 4.72. The minimum absolute atomic E-state index is 0.0693. The van der Waals surface area contributed by atoms with E-state index in [1.54, 1.807) is 4.68 Å². The van der Waals surface area contributed by atoms with Crippen LogP contribution in [0.25, 0.3) is 0 Å². The number of rotatable bonds is 3. The largest absolute Gasteiger partial charge is 0.335 e. The van der Waals surface area contributed by atoms with Gasteiger partial charge in [-0.25, -0.2) is 4.79 Å². The second kappa shape index (κ2) is 5.21. The van der Waals surface area contributed by atoms with E-state index >= 15 is 0 Å². The van der Waals surface area contributed by atoms with Crippen molar-refractivity contribution in [1.29, 1.82) is 0 Å². The molecule has 0 aromatic carbocycles. The zero-order chi connectivity index (χ0) is 12.3. The number of aryl methyl sites for hydroxylation is 2. The van der Waals surface area contributed by atoms with Gasteiger partial charge in [0.05, 0.1) is 5.69 Å². The molecule has 94 valence electrons. The van der Waals surface area contributed by atoms with Gasteiger partial charge in [-0.1, -0.05) is 12.8 Å². The van der Waals surface area contributed by atoms with E-state index in [2.05, 4.69) is 15.7 Å². The summed E-state index contributed by atoms with van der Waals surface area (Å²) >= 11 is 0. The molecule has 1 aliphatic rings. The Kier molecular flexibility index (Phi) is 3.66. The maximum atomic E-state index is 11.6. The number of nitrogens with one attached hydrogen (secondary N) is 2. The minimum atomic E-state index is -0.0693. The average Bonchev–Trinajstić information content (AvgIpc) is 2.86. The standard InChI is InChI=1S/C12H20N4O/c1-9-10(8-16(2)15-9)7-13-12(17)14-11-5-3-4-6-11/h8,11H,3-7H2,1-2H3,(H2,13,14,17). The Bertz CT molecular complexity index is 393. The molecule has 5 nitrogen and oxygen atoms in total. The highest BCUT2D eigenvalue weighted by molar-refractivity contribution is 5.74. The van der Waals surface area contributed by atoms with Crippen molar-refractivity contribution in [3.05, 3.63) is 17.5 Å². The van der Waals surface area contributed by atoms with Gasteiger partial charge in [-0.05, 0) is 19.8 Å². The van der Waals surface area contributed by atoms with Crippen molar-refractivity contribution < 1.29 is 4.79 Å². The molecule has 0 atom stereocenters. The zero-order valence-corrected chi connectivity index (χ0v) is 10.5. The molecule has 0 saturated heterocycles. The summed E-state index contributed by atoms with van der Waals surface area (Å²) in [6.45, 7) is 2.49. The van der Waals surface area contributed by atoms with Crippen LogP contribution >= 0.6 is 0 Å². The van der Waals surface area contributed by atoms with E-state index in [0.29, 0.717) is 12.6 Å². The van der Waals surface area contributed by atoms with Crippen LogP contribution in [0.15, 0.2) is 6.20 Å². The van der Waals surface area contributed by atoms with E-state index in [1.165, 1.54) is 12.8 Å². The molecule has 1 aliphatic carbocycles. The molecule has 0 unspecified atom stereocenters. The lowest BCUT2D eigenvalue weighted by Gasteiger charge is -2.12. The van der Waals surface area contributed by atoms with Crippen LogP contribution in [0, 0.1) is 6.92 Å². The summed E-state index contributed by atoms with van der Waals surface area (Å²) < 4.78 is 1.77. The highest BCUT2D eigenvalue weighted by atomic mass is 16.2. The number of urea groups is 1. The first-order valence-corrected chi connectivity index (χ1v) is 6.18. The Balaban J connectivity index is 1.77. The number of carbonyl (C=O) groups excluding carboxylic acids is 1. The van der Waals surface area contributed by atoms with Gasteiger partial charge in [-0.15, -0.1) is 0 Å². The van der Waals surface area contributed by atoms with Crippen molar-refractivity contribution in [3.8, 4) is 0 Å². The fraction of sp³-hybridized carbons (Fsp3) is 0.667. The predicted molar refractivity (Wildman–Crippen MR) is 65.6 cm³/mol. The van der Waals surface area contributed by atoms with E-state index in [-0.39, 0.29) is 6.03 Å². The number of hydrogen-bond donors (Lipinski definition) is 2. The van der Waals surface area contributed by atoms with Crippen LogP contribution in [0.1, 0.15) is 36.9 Å². The van der Waals surface area contributed by atoms with Crippen molar-refractivity contribution >= 4 is 6.03 Å². The Hall–Kier alpha value is -1.52. The normalized spacial score (nSPS) is 16.1. The van der Waals surface area contributed by atoms with Crippen LogP contribution in [0.4, 0.5) is 4.79 Å². The van der Waals surface area contributed by atoms with Crippen LogP contribution in [0.5, 0.6) is 0 Å². The van der Waals surface area contributed by atoms with Gasteiger partial charge in [0.15, 0.2) is 0 Å². The molecule has 17 heavy (non-hydrogen) atoms. The molecule has 5 heteroatoms. The van der Waals surface area contributed by atoms with Gasteiger partial charge in [-0.2, -0.15) is 5.10 Å². The van der Waals surface area contributed by atoms with Crippen LogP contribution in [-0.4, -0.2) is 21.9 Å². The fourth-order valence-electron chi connectivity index (χ4n) is 2.30. The smallest absolute Gasteiger partial charge is 0.315 e. The second-order valence-corrected chi connectivity index (χ2v) is 4.72. The third-order valence-corrected chi connectivity index (χ3v) is 3.24. The Labute approximate surface area is 102 Å². The van der Waals surface area contributed by atoms with E-state index in [9.17, 15) is 4.79 Å². The summed E-state index contributed by atoms with van der Waals surface area (Å²) in [4.78, 5) is 11.6. The van der Waals surface area contributed by atoms with Crippen molar-refractivity contribution in [2.75, 3.05) is 0 Å². The van der Waals surface area contributed by atoms with Crippen LogP contribution in [-0.2, 0) is 13.6 Å². The molecule has 1 aromatic heterocycles. The lowest BCUT2D eigenvalue weighted by Crippen LogP contribution is -2.40. The molecule has 1 fully saturated rings. The molecule has 0 spiro atoms. The summed E-state index contributed by atoms with van der Waals surface area (Å²) in [6, 6.07) is 0.296. The van der Waals surface area contributed by atoms with Gasteiger partial charge in [-0.3, -0.25) is 4.68 Å². The summed E-state index contributed by atoms with van der Waals surface area (Å²) in [7, 11) is 1.88. The molecule has 1 aromatic rings. The highest BCUT2D eigenvalue weighted by Crippen LogP contribution is 2.17. The maximum absolute atomic E-state index is 11.6. The first-order chi connectivity index (χ1) is 8.15. The number of aromatic nitrogens is 2. The Morgan fingerprint density at radius 3 is 2.82 bits per heavy atom. The summed E-state index contributed by atoms with van der Waals surface area (Å²) in [5.74, 6) is 0. The van der Waals surface area contributed by atoms with Crippen molar-refractivity contribution in [2.45, 2.75) is 45.2 Å². The number of carbonyl (C=O) groups is 1. The van der Waals surface area contributed by atoms with Gasteiger partial charge < -0.3 is 10.6 Å². The molecule has 0 radical (unpaired) electrons. The van der Waals surface area contributed by atoms with Gasteiger partial charge >= 0.3 is 6.03 Å². The zero-order valence-electron chi connectivity index (χ0n) is 10.5. The van der Waals surface area contributed by atoms with E-state index in [1.807, 2.05) is 20.2 Å². The van der Waals surface area contributed by atoms with Gasteiger partial charge in [0.2, 0.25) is 0 Å². The first-order valence-electron chi connectivity index (χ1n) is 6.18. The Morgan fingerprint density at radius 1 is 1.53 bits per heavy atom. The topological polar surface area (TPSA) is 59.0 Å². The molecular weight excluding hydrogens is 216 g/mol. The van der Waals surface area contributed by atoms with Crippen LogP contribution < -0.4 is 10.6 Å². The fourth-order valence-corrected chi connectivity index (χ4v) is 2.30. The summed E-state index contributed by atoms with van der Waals surface area (Å²) in [5.41, 5.74) is 2.03. The summed E-state index contributed by atoms with van der Waals surface area (Å²) in [6.07, 6.45) is 6.61. The maximum Gasteiger partial charge on any atom is 0.315 e. The lowest BCUT2D eigenvalue weighted by atomic mass is 10.2. The predicted octanol–water partition coefficient (Wildman–Crippen LogP) is 1.47. The highest BCUT2D eigenvalue weighted by Gasteiger charge is 2.16. The lowest BCUT2D eigenvalue weighted by molar-refractivity contribution is 0.236. The third-order valence-electron chi connectivity index (χ3n) is 3.24. The molecule has 1 saturated carbocycles. The number of hydrogen-bond acceptors (Lipinski definition) is 2. The Morgan fingerprint density at radius 2 is 2.24 bits per heavy atom. The SMILES string of the molecule is Cc1nn(C)cc1CNC(=O)NC1CCCC1. The van der Waals surface area contributed by atoms with Gasteiger partial charge in [0.25, 0.3) is 0 Å². The molecule has 2 rings (SSSR count). The van der Waals surface area contributed by atoms with E-state index < -0.39 is 0 Å². The molecule has 0 aliphatic heterocycles. The van der Waals surface area contributed by atoms with Crippen molar-refractivity contribution in [2.24, 2.45) is 7.05 Å². The monoisotopic (exact) mass is 236 g/mol.